The van der Waals surface area contributed by atoms with Crippen molar-refractivity contribution in [3.8, 4) is 5.75 Å². The van der Waals surface area contributed by atoms with Gasteiger partial charge in [-0.15, -0.1) is 0 Å². The third kappa shape index (κ3) is 6.36. The van der Waals surface area contributed by atoms with Gasteiger partial charge in [0.25, 0.3) is 11.8 Å². The van der Waals surface area contributed by atoms with E-state index in [1.54, 1.807) is 67.6 Å². The summed E-state index contributed by atoms with van der Waals surface area (Å²) in [7, 11) is -1.93. The van der Waals surface area contributed by atoms with E-state index in [1.807, 2.05) is 0 Å². The highest BCUT2D eigenvalue weighted by Gasteiger charge is 2.19. The zero-order valence-corrected chi connectivity index (χ0v) is 19.3. The SMILES string of the molecule is C[C@@H](Oc1ccc(N(C)S(C)(=O)=O)cc1)C(=O)Nc1ccccc1C(=O)NCc1ccco1. The van der Waals surface area contributed by atoms with Gasteiger partial charge in [-0.2, -0.15) is 0 Å². The molecule has 174 valence electrons. The second-order valence-electron chi connectivity index (χ2n) is 7.28. The third-order valence-corrected chi connectivity index (χ3v) is 6.02. The molecule has 1 atom stereocenters. The fourth-order valence-corrected chi connectivity index (χ4v) is 3.39. The van der Waals surface area contributed by atoms with Crippen molar-refractivity contribution in [2.45, 2.75) is 19.6 Å². The number of rotatable bonds is 9. The van der Waals surface area contributed by atoms with Crippen LogP contribution in [0.1, 0.15) is 23.0 Å². The van der Waals surface area contributed by atoms with Crippen LogP contribution < -0.4 is 19.7 Å². The van der Waals surface area contributed by atoms with Gasteiger partial charge in [-0.25, -0.2) is 8.42 Å². The molecule has 0 aliphatic rings. The van der Waals surface area contributed by atoms with E-state index in [2.05, 4.69) is 10.6 Å². The van der Waals surface area contributed by atoms with Gasteiger partial charge in [0.2, 0.25) is 10.0 Å². The summed E-state index contributed by atoms with van der Waals surface area (Å²) in [6.45, 7) is 1.80. The number of hydrogen-bond acceptors (Lipinski definition) is 6. The number of hydrogen-bond donors (Lipinski definition) is 2. The number of furan rings is 1. The van der Waals surface area contributed by atoms with Gasteiger partial charge in [-0.1, -0.05) is 12.1 Å². The van der Waals surface area contributed by atoms with Crippen molar-refractivity contribution in [1.82, 2.24) is 5.32 Å². The fourth-order valence-electron chi connectivity index (χ4n) is 2.88. The second-order valence-corrected chi connectivity index (χ2v) is 9.30. The molecule has 0 unspecified atom stereocenters. The predicted octanol–water partition coefficient (Wildman–Crippen LogP) is 3.01. The minimum absolute atomic E-state index is 0.220. The average Bonchev–Trinajstić information content (AvgIpc) is 3.31. The Hall–Kier alpha value is -3.79. The van der Waals surface area contributed by atoms with Crippen molar-refractivity contribution in [2.24, 2.45) is 0 Å². The summed E-state index contributed by atoms with van der Waals surface area (Å²) in [5.74, 6) is 0.202. The quantitative estimate of drug-likeness (QED) is 0.495. The Bertz CT molecular complexity index is 1210. The molecule has 2 N–H and O–H groups in total. The molecule has 3 aromatic rings. The molecule has 0 aliphatic carbocycles. The maximum atomic E-state index is 12.7. The number of carbonyl (C=O) groups excluding carboxylic acids is 2. The molecule has 1 heterocycles. The molecular formula is C23H25N3O6S. The predicted molar refractivity (Wildman–Crippen MR) is 125 cm³/mol. The van der Waals surface area contributed by atoms with Gasteiger partial charge in [-0.3, -0.25) is 13.9 Å². The number of anilines is 2. The van der Waals surface area contributed by atoms with Crippen LogP contribution in [0.5, 0.6) is 5.75 Å². The van der Waals surface area contributed by atoms with Crippen LogP contribution in [-0.4, -0.2) is 39.6 Å². The van der Waals surface area contributed by atoms with E-state index < -0.39 is 22.0 Å². The standard InChI is InChI=1S/C23H25N3O6S/c1-16(32-18-12-10-17(11-13-18)26(2)33(3,29)30)22(27)25-21-9-5-4-8-20(21)23(28)24-15-19-7-6-14-31-19/h4-14,16H,15H2,1-3H3,(H,24,28)(H,25,27)/t16-/m1/s1. The molecule has 10 heteroatoms. The molecule has 0 radical (unpaired) electrons. The van der Waals surface area contributed by atoms with Crippen LogP contribution in [0.4, 0.5) is 11.4 Å². The summed E-state index contributed by atoms with van der Waals surface area (Å²) in [6.07, 6.45) is 1.76. The summed E-state index contributed by atoms with van der Waals surface area (Å²) in [6, 6.07) is 16.5. The first-order valence-corrected chi connectivity index (χ1v) is 11.9. The number of para-hydroxylation sites is 1. The minimum atomic E-state index is -3.38. The van der Waals surface area contributed by atoms with Crippen LogP contribution in [0.2, 0.25) is 0 Å². The van der Waals surface area contributed by atoms with E-state index in [-0.39, 0.29) is 12.5 Å². The Labute approximate surface area is 192 Å². The maximum absolute atomic E-state index is 12.7. The highest BCUT2D eigenvalue weighted by molar-refractivity contribution is 7.92. The highest BCUT2D eigenvalue weighted by Crippen LogP contribution is 2.22. The molecular weight excluding hydrogens is 446 g/mol. The molecule has 2 aromatic carbocycles. The molecule has 0 spiro atoms. The number of carbonyl (C=O) groups is 2. The molecule has 3 rings (SSSR count). The lowest BCUT2D eigenvalue weighted by atomic mass is 10.1. The number of nitrogens with zero attached hydrogens (tertiary/aromatic N) is 1. The van der Waals surface area contributed by atoms with Gasteiger partial charge >= 0.3 is 0 Å². The normalized spacial score (nSPS) is 12.0. The molecule has 0 fully saturated rings. The van der Waals surface area contributed by atoms with E-state index >= 15 is 0 Å². The summed E-state index contributed by atoms with van der Waals surface area (Å²) in [5, 5.41) is 5.47. The zero-order valence-electron chi connectivity index (χ0n) is 18.4. The Balaban J connectivity index is 1.62. The highest BCUT2D eigenvalue weighted by atomic mass is 32.2. The molecule has 33 heavy (non-hydrogen) atoms. The van der Waals surface area contributed by atoms with Crippen LogP contribution in [0, 0.1) is 0 Å². The molecule has 1 aromatic heterocycles. The lowest BCUT2D eigenvalue weighted by molar-refractivity contribution is -0.122. The first-order chi connectivity index (χ1) is 15.6. The molecule has 0 aliphatic heterocycles. The van der Waals surface area contributed by atoms with E-state index in [1.165, 1.54) is 13.3 Å². The van der Waals surface area contributed by atoms with Gasteiger partial charge < -0.3 is 19.8 Å². The first kappa shape index (κ1) is 23.9. The van der Waals surface area contributed by atoms with E-state index in [0.29, 0.717) is 28.4 Å². The van der Waals surface area contributed by atoms with Crippen molar-refractivity contribution >= 4 is 33.2 Å². The zero-order chi connectivity index (χ0) is 24.0. The maximum Gasteiger partial charge on any atom is 0.265 e. The molecule has 0 bridgehead atoms. The number of benzene rings is 2. The van der Waals surface area contributed by atoms with Crippen LogP contribution in [0.3, 0.4) is 0 Å². The van der Waals surface area contributed by atoms with Crippen molar-refractivity contribution < 1.29 is 27.2 Å². The largest absolute Gasteiger partial charge is 0.481 e. The minimum Gasteiger partial charge on any atom is -0.481 e. The van der Waals surface area contributed by atoms with Crippen molar-refractivity contribution in [3.63, 3.8) is 0 Å². The smallest absolute Gasteiger partial charge is 0.265 e. The number of sulfonamides is 1. The van der Waals surface area contributed by atoms with Crippen LogP contribution in [-0.2, 0) is 21.4 Å². The second kappa shape index (κ2) is 10.2. The summed E-state index contributed by atoms with van der Waals surface area (Å²) >= 11 is 0. The Morgan fingerprint density at radius 1 is 1.06 bits per heavy atom. The van der Waals surface area contributed by atoms with Gasteiger partial charge in [0.15, 0.2) is 6.10 Å². The molecule has 9 nitrogen and oxygen atoms in total. The molecule has 2 amide bonds. The van der Waals surface area contributed by atoms with E-state index in [9.17, 15) is 18.0 Å². The lowest BCUT2D eigenvalue weighted by Gasteiger charge is -2.18. The van der Waals surface area contributed by atoms with Crippen LogP contribution >= 0.6 is 0 Å². The molecule has 0 saturated heterocycles. The van der Waals surface area contributed by atoms with Crippen molar-refractivity contribution in [3.05, 3.63) is 78.3 Å². The van der Waals surface area contributed by atoms with Gasteiger partial charge in [-0.05, 0) is 55.5 Å². The first-order valence-electron chi connectivity index (χ1n) is 10.1. The lowest BCUT2D eigenvalue weighted by Crippen LogP contribution is -2.31. The third-order valence-electron chi connectivity index (χ3n) is 4.81. The van der Waals surface area contributed by atoms with E-state index in [0.717, 1.165) is 10.6 Å². The Morgan fingerprint density at radius 2 is 1.76 bits per heavy atom. The Morgan fingerprint density at radius 3 is 2.39 bits per heavy atom. The van der Waals surface area contributed by atoms with Crippen LogP contribution in [0.15, 0.2) is 71.3 Å². The fraction of sp³-hybridized carbons (Fsp3) is 0.217. The summed E-state index contributed by atoms with van der Waals surface area (Å²) in [4.78, 5) is 25.3. The van der Waals surface area contributed by atoms with Gasteiger partial charge in [0, 0.05) is 7.05 Å². The van der Waals surface area contributed by atoms with Crippen LogP contribution in [0.25, 0.3) is 0 Å². The van der Waals surface area contributed by atoms with Gasteiger partial charge in [0.1, 0.15) is 11.5 Å². The van der Waals surface area contributed by atoms with Crippen molar-refractivity contribution in [1.29, 1.82) is 0 Å². The Kier molecular flexibility index (Phi) is 7.39. The van der Waals surface area contributed by atoms with Gasteiger partial charge in [0.05, 0.1) is 36.0 Å². The average molecular weight is 472 g/mol. The molecule has 0 saturated carbocycles. The monoisotopic (exact) mass is 471 g/mol. The van der Waals surface area contributed by atoms with Crippen molar-refractivity contribution in [2.75, 3.05) is 22.9 Å². The summed E-state index contributed by atoms with van der Waals surface area (Å²) in [5.41, 5.74) is 1.12. The van der Waals surface area contributed by atoms with E-state index in [4.69, 9.17) is 9.15 Å². The topological polar surface area (TPSA) is 118 Å². The number of nitrogens with one attached hydrogen (secondary N) is 2. The summed E-state index contributed by atoms with van der Waals surface area (Å²) < 4.78 is 35.3. The number of ether oxygens (including phenoxy) is 1. The number of amides is 2.